The minimum atomic E-state index is -1.39. The van der Waals surface area contributed by atoms with Gasteiger partial charge in [0.2, 0.25) is 0 Å². The van der Waals surface area contributed by atoms with Crippen LogP contribution in [0.1, 0.15) is 40.2 Å². The number of halogens is 1. The number of rotatable bonds is 15. The molecule has 0 amide bonds. The molecule has 0 saturated heterocycles. The SMILES string of the molecule is CC(=O)O.CCOCOCc1ccc(-c2ccc(-c3ccccc3)cc2)cc1.CCOCOCc1ccc(Br)cc1.C[C-]=O.O.O=CO[O-].OB(O)c1ccc(-c2ccccc2)cc1.[H-].[K+].[K+].[Pd]. The fourth-order valence-electron chi connectivity index (χ4n) is 4.94. The Morgan fingerprint density at radius 2 is 0.896 bits per heavy atom. The Bertz CT molecular complexity index is 2060. The number of hydrogen-bond acceptors (Lipinski definition) is 11. The molecule has 0 saturated carbocycles. The molecule has 0 aliphatic rings. The summed E-state index contributed by atoms with van der Waals surface area (Å²) in [4.78, 5) is 28.9. The Morgan fingerprint density at radius 3 is 1.18 bits per heavy atom. The van der Waals surface area contributed by atoms with Crippen molar-refractivity contribution in [3.05, 3.63) is 173 Å². The average Bonchev–Trinajstić information content (AvgIpc) is 3.31. The van der Waals surface area contributed by atoms with Crippen LogP contribution in [-0.4, -0.2) is 73.3 Å². The van der Waals surface area contributed by atoms with Gasteiger partial charge in [-0.15, -0.1) is 0 Å². The second kappa shape index (κ2) is 47.8. The van der Waals surface area contributed by atoms with Gasteiger partial charge in [-0.3, -0.25) is 15.9 Å². The first-order chi connectivity index (χ1) is 30.5. The number of carboxylic acid groups (broad SMARTS) is 1. The van der Waals surface area contributed by atoms with Gasteiger partial charge >= 0.3 is 110 Å². The maximum atomic E-state index is 9.00. The van der Waals surface area contributed by atoms with E-state index in [0.717, 1.165) is 33.7 Å². The fraction of sp³-hybridized carbons (Fsp3) is 0.204. The molecule has 6 aromatic rings. The third-order valence-electron chi connectivity index (χ3n) is 7.83. The van der Waals surface area contributed by atoms with Crippen LogP contribution >= 0.6 is 15.9 Å². The van der Waals surface area contributed by atoms with Crippen molar-refractivity contribution in [2.45, 2.75) is 40.9 Å². The van der Waals surface area contributed by atoms with E-state index >= 15 is 0 Å². The Balaban J connectivity index is -0.000000263. The van der Waals surface area contributed by atoms with E-state index in [1.165, 1.54) is 35.5 Å². The summed E-state index contributed by atoms with van der Waals surface area (Å²) in [6.07, 6.45) is 1.50. The van der Waals surface area contributed by atoms with E-state index < -0.39 is 13.1 Å². The molecule has 354 valence electrons. The van der Waals surface area contributed by atoms with E-state index in [1.807, 2.05) is 86.6 Å². The molecular formula is C49H57BBrK2O13Pd-. The zero-order valence-corrected chi connectivity index (χ0v) is 48.0. The first-order valence-corrected chi connectivity index (χ1v) is 20.3. The number of carbonyl (C=O) groups is 2. The molecule has 0 aliphatic carbocycles. The molecule has 6 rings (SSSR count). The summed E-state index contributed by atoms with van der Waals surface area (Å²) >= 11 is 3.37. The zero-order chi connectivity index (χ0) is 46.5. The molecule has 0 radical (unpaired) electrons. The van der Waals surface area contributed by atoms with Gasteiger partial charge in [0, 0.05) is 45.0 Å². The number of aliphatic carboxylic acids is 1. The van der Waals surface area contributed by atoms with Crippen molar-refractivity contribution in [3.63, 3.8) is 0 Å². The quantitative estimate of drug-likeness (QED) is 0.0254. The van der Waals surface area contributed by atoms with E-state index in [9.17, 15) is 0 Å². The molecule has 0 spiro atoms. The van der Waals surface area contributed by atoms with Gasteiger partial charge in [-0.05, 0) is 76.0 Å². The predicted molar refractivity (Wildman–Crippen MR) is 252 cm³/mol. The Hall–Kier alpha value is -1.91. The molecule has 0 aromatic heterocycles. The van der Waals surface area contributed by atoms with Gasteiger partial charge in [0.05, 0.1) is 13.2 Å². The predicted octanol–water partition coefficient (Wildman–Crippen LogP) is 1.46. The molecule has 0 aliphatic heterocycles. The van der Waals surface area contributed by atoms with Crippen molar-refractivity contribution in [2.24, 2.45) is 0 Å². The third-order valence-corrected chi connectivity index (χ3v) is 8.36. The van der Waals surface area contributed by atoms with Crippen LogP contribution in [0.4, 0.5) is 0 Å². The molecule has 6 aromatic carbocycles. The zero-order valence-electron chi connectivity index (χ0n) is 39.6. The van der Waals surface area contributed by atoms with Crippen LogP contribution in [-0.2, 0) is 71.9 Å². The molecule has 0 bridgehead atoms. The van der Waals surface area contributed by atoms with Crippen molar-refractivity contribution in [3.8, 4) is 33.4 Å². The number of carboxylic acids is 1. The van der Waals surface area contributed by atoms with Crippen LogP contribution in [0.2, 0.25) is 0 Å². The third kappa shape index (κ3) is 35.8. The van der Waals surface area contributed by atoms with E-state index in [-0.39, 0.29) is 137 Å². The average molecular weight is 1130 g/mol. The van der Waals surface area contributed by atoms with Gasteiger partial charge in [-0.2, -0.15) is 6.92 Å². The maximum Gasteiger partial charge on any atom is 1.00 e. The summed E-state index contributed by atoms with van der Waals surface area (Å²) in [6, 6.07) is 52.8. The van der Waals surface area contributed by atoms with Gasteiger partial charge in [0.15, 0.2) is 0 Å². The largest absolute Gasteiger partial charge is 1.00 e. The smallest absolute Gasteiger partial charge is 1.00 e. The molecule has 0 fully saturated rings. The van der Waals surface area contributed by atoms with Gasteiger partial charge in [-0.25, -0.2) is 0 Å². The second-order valence-corrected chi connectivity index (χ2v) is 13.4. The number of hydrogen-bond donors (Lipinski definition) is 3. The number of carbonyl (C=O) groups excluding carboxylic acids is 2. The minimum Gasteiger partial charge on any atom is -1.00 e. The fourth-order valence-corrected chi connectivity index (χ4v) is 5.21. The molecule has 0 atom stereocenters. The topological polar surface area (TPSA) is 213 Å². The van der Waals surface area contributed by atoms with Crippen LogP contribution < -0.4 is 113 Å². The molecule has 18 heteroatoms. The Labute approximate surface area is 503 Å². The van der Waals surface area contributed by atoms with Crippen LogP contribution in [0.3, 0.4) is 0 Å². The summed E-state index contributed by atoms with van der Waals surface area (Å²) in [5.41, 5.74) is 9.92. The monoisotopic (exact) mass is 1130 g/mol. The first-order valence-electron chi connectivity index (χ1n) is 19.6. The van der Waals surface area contributed by atoms with Crippen LogP contribution in [0.5, 0.6) is 0 Å². The van der Waals surface area contributed by atoms with Gasteiger partial charge in [0.25, 0.3) is 12.4 Å². The standard InChI is InChI=1S/C22H22O2.C12H11BO2.C10H13BrO2.C2H4O2.C2H3O.CH2O3.2K.H2O.Pd.H/c1-2-23-17-24-16-18-8-10-20(11-9-18)22-14-12-21(13-15-22)19-6-4-3-5-7-19;14-13(15)12-8-6-11(7-9-12)10-4-2-1-3-5-10;1-2-12-8-13-7-9-3-5-10(11)6-4-9;1-2(3)4;1-2-3;2-1-4-3;;;;;/h3-15H,2,16-17H2,1H3;1-9,14-15H;3-6H,2,7-8H2,1H3;1H3,(H,3,4);1H3;1,3H;;;1H2;;/q;;;;-1;;2*+1;;;-1/p-1. The van der Waals surface area contributed by atoms with E-state index in [1.54, 1.807) is 12.1 Å². The summed E-state index contributed by atoms with van der Waals surface area (Å²) in [6.45, 7) is 9.40. The van der Waals surface area contributed by atoms with Crippen LogP contribution in [0.25, 0.3) is 33.4 Å². The van der Waals surface area contributed by atoms with Gasteiger partial charge in [-0.1, -0.05) is 162 Å². The Kier molecular flexibility index (Phi) is 51.1. The molecule has 0 heterocycles. The Morgan fingerprint density at radius 1 is 0.627 bits per heavy atom. The second-order valence-electron chi connectivity index (χ2n) is 12.5. The molecular weight excluding hydrogens is 1070 g/mol. The summed E-state index contributed by atoms with van der Waals surface area (Å²) in [5, 5.41) is 33.7. The molecule has 5 N–H and O–H groups in total. The van der Waals surface area contributed by atoms with Crippen molar-refractivity contribution in [1.29, 1.82) is 0 Å². The van der Waals surface area contributed by atoms with Crippen LogP contribution in [0.15, 0.2) is 162 Å². The van der Waals surface area contributed by atoms with Crippen molar-refractivity contribution >= 4 is 47.2 Å². The van der Waals surface area contributed by atoms with E-state index in [2.05, 4.69) is 93.6 Å². The summed E-state index contributed by atoms with van der Waals surface area (Å²) in [7, 11) is -1.39. The van der Waals surface area contributed by atoms with Crippen molar-refractivity contribution in [2.75, 3.05) is 26.8 Å². The maximum absolute atomic E-state index is 9.00. The van der Waals surface area contributed by atoms with E-state index in [4.69, 9.17) is 53.7 Å². The summed E-state index contributed by atoms with van der Waals surface area (Å²) < 4.78 is 22.0. The first kappa shape index (κ1) is 71.6. The normalized spacial score (nSPS) is 8.96. The molecule has 0 unspecified atom stereocenters. The van der Waals surface area contributed by atoms with Crippen LogP contribution in [0, 0.1) is 0 Å². The van der Waals surface area contributed by atoms with Gasteiger partial charge in [0.1, 0.15) is 13.6 Å². The molecule has 67 heavy (non-hydrogen) atoms. The minimum absolute atomic E-state index is 0. The van der Waals surface area contributed by atoms with E-state index in [0.29, 0.717) is 45.5 Å². The summed E-state index contributed by atoms with van der Waals surface area (Å²) in [5.74, 6) is -0.833. The number of benzene rings is 6. The number of ether oxygens (including phenoxy) is 4. The molecule has 13 nitrogen and oxygen atoms in total. The van der Waals surface area contributed by atoms with Crippen molar-refractivity contribution in [1.82, 2.24) is 0 Å². The van der Waals surface area contributed by atoms with Crippen molar-refractivity contribution < 1.29 is 189 Å². The van der Waals surface area contributed by atoms with Gasteiger partial charge < -0.3 is 55.9 Å².